The number of carboxylic acid groups (broad SMARTS) is 1. The molecule has 2 N–H and O–H groups in total. The van der Waals surface area contributed by atoms with Gasteiger partial charge in [-0.25, -0.2) is 14.4 Å². The Kier molecular flexibility index (Phi) is 6.99. The number of aryl methyl sites for hydroxylation is 2. The number of pyridine rings is 1. The van der Waals surface area contributed by atoms with E-state index in [2.05, 4.69) is 16.4 Å². The van der Waals surface area contributed by atoms with E-state index >= 15 is 0 Å². The van der Waals surface area contributed by atoms with Crippen LogP contribution < -0.4 is 10.1 Å². The first kappa shape index (κ1) is 22.2. The number of benzene rings is 1. The first-order chi connectivity index (χ1) is 15.5. The lowest BCUT2D eigenvalue weighted by Crippen LogP contribution is -2.26. The second kappa shape index (κ2) is 10.1. The third-order valence-corrected chi connectivity index (χ3v) is 6.81. The fourth-order valence-electron chi connectivity index (χ4n) is 4.13. The number of fused-ring (bicyclic) bond motifs is 1. The van der Waals surface area contributed by atoms with Crippen molar-refractivity contribution in [2.24, 2.45) is 0 Å². The summed E-state index contributed by atoms with van der Waals surface area (Å²) in [4.78, 5) is 20.6. The van der Waals surface area contributed by atoms with Crippen molar-refractivity contribution in [3.8, 4) is 5.75 Å². The number of halogens is 1. The van der Waals surface area contributed by atoms with Crippen LogP contribution in [0, 0.1) is 5.82 Å². The summed E-state index contributed by atoms with van der Waals surface area (Å²) in [5.41, 5.74) is 2.81. The summed E-state index contributed by atoms with van der Waals surface area (Å²) in [5.74, 6) is -0.817. The number of nitrogens with one attached hydrogen (secondary N) is 1. The molecule has 0 bridgehead atoms. The Hall–Kier alpha value is -3.00. The van der Waals surface area contributed by atoms with Gasteiger partial charge >= 0.3 is 5.97 Å². The molecule has 32 heavy (non-hydrogen) atoms. The summed E-state index contributed by atoms with van der Waals surface area (Å²) in [7, 11) is 1.40. The van der Waals surface area contributed by atoms with Crippen molar-refractivity contribution < 1.29 is 19.0 Å². The van der Waals surface area contributed by atoms with Crippen LogP contribution in [-0.2, 0) is 17.6 Å². The minimum atomic E-state index is -0.944. The van der Waals surface area contributed by atoms with Crippen LogP contribution in [-0.4, -0.2) is 34.2 Å². The Bertz CT molecular complexity index is 1090. The number of carboxylic acids is 1. The zero-order chi connectivity index (χ0) is 22.5. The number of carbonyl (C=O) groups is 1. The summed E-state index contributed by atoms with van der Waals surface area (Å²) < 4.78 is 19.2. The lowest BCUT2D eigenvalue weighted by Gasteiger charge is -2.25. The maximum absolute atomic E-state index is 14.2. The second-order valence-electron chi connectivity index (χ2n) is 8.00. The maximum atomic E-state index is 14.2. The van der Waals surface area contributed by atoms with Crippen LogP contribution in [0.15, 0.2) is 41.9 Å². The fraction of sp³-hybridized carbons (Fsp3) is 0.375. The summed E-state index contributed by atoms with van der Waals surface area (Å²) in [6.07, 6.45) is 6.61. The third kappa shape index (κ3) is 5.24. The van der Waals surface area contributed by atoms with E-state index in [9.17, 15) is 14.3 Å². The molecule has 0 radical (unpaired) electrons. The number of rotatable bonds is 9. The van der Waals surface area contributed by atoms with Crippen LogP contribution in [0.25, 0.3) is 0 Å². The molecule has 2 unspecified atom stereocenters. The highest BCUT2D eigenvalue weighted by Gasteiger charge is 2.23. The Labute approximate surface area is 190 Å². The van der Waals surface area contributed by atoms with Crippen LogP contribution in [0.1, 0.15) is 53.4 Å². The van der Waals surface area contributed by atoms with Gasteiger partial charge in [0.25, 0.3) is 0 Å². The van der Waals surface area contributed by atoms with Gasteiger partial charge in [-0.05, 0) is 61.4 Å². The lowest BCUT2D eigenvalue weighted by atomic mass is 9.96. The van der Waals surface area contributed by atoms with Gasteiger partial charge in [-0.1, -0.05) is 12.1 Å². The smallest absolute Gasteiger partial charge is 0.304 e. The van der Waals surface area contributed by atoms with Crippen molar-refractivity contribution in [1.29, 1.82) is 0 Å². The molecule has 0 fully saturated rings. The predicted molar refractivity (Wildman–Crippen MR) is 122 cm³/mol. The van der Waals surface area contributed by atoms with Crippen LogP contribution in [0.4, 0.5) is 10.2 Å². The first-order valence-electron chi connectivity index (χ1n) is 10.7. The molecule has 0 saturated carbocycles. The monoisotopic (exact) mass is 455 g/mol. The third-order valence-electron chi connectivity index (χ3n) is 5.80. The van der Waals surface area contributed by atoms with E-state index in [1.165, 1.54) is 36.1 Å². The van der Waals surface area contributed by atoms with E-state index in [1.807, 2.05) is 17.6 Å². The Balaban J connectivity index is 1.39. The van der Waals surface area contributed by atoms with E-state index in [1.54, 1.807) is 6.07 Å². The van der Waals surface area contributed by atoms with Crippen molar-refractivity contribution in [3.63, 3.8) is 0 Å². The summed E-state index contributed by atoms with van der Waals surface area (Å²) >= 11 is 1.43. The van der Waals surface area contributed by atoms with Gasteiger partial charge in [-0.2, -0.15) is 0 Å². The van der Waals surface area contributed by atoms with E-state index in [0.717, 1.165) is 43.6 Å². The molecule has 4 rings (SSSR count). The molecule has 0 saturated heterocycles. The van der Waals surface area contributed by atoms with Crippen molar-refractivity contribution in [2.45, 2.75) is 50.5 Å². The number of methoxy groups -OCH3 is 1. The Morgan fingerprint density at radius 2 is 2.28 bits per heavy atom. The normalized spacial score (nSPS) is 16.1. The van der Waals surface area contributed by atoms with Crippen molar-refractivity contribution >= 4 is 23.1 Å². The Morgan fingerprint density at radius 3 is 3.06 bits per heavy atom. The molecule has 1 aromatic carbocycles. The SMILES string of the molecule is COc1ccc(C(CC(=O)O)c2nc(CCCC3CCc4cccnc4N3)cs2)cc1F. The Morgan fingerprint density at radius 1 is 1.41 bits per heavy atom. The number of aromatic nitrogens is 2. The van der Waals surface area contributed by atoms with Gasteiger partial charge in [0.05, 0.1) is 19.2 Å². The topological polar surface area (TPSA) is 84.3 Å². The molecule has 1 aliphatic heterocycles. The minimum Gasteiger partial charge on any atom is -0.494 e. The van der Waals surface area contributed by atoms with Crippen LogP contribution in [0.5, 0.6) is 5.75 Å². The van der Waals surface area contributed by atoms with Gasteiger partial charge in [0.2, 0.25) is 0 Å². The summed E-state index contributed by atoms with van der Waals surface area (Å²) in [6.45, 7) is 0. The number of thiazole rings is 1. The molecule has 2 atom stereocenters. The molecule has 3 heterocycles. The molecule has 6 nitrogen and oxygen atoms in total. The summed E-state index contributed by atoms with van der Waals surface area (Å²) in [6, 6.07) is 9.06. The lowest BCUT2D eigenvalue weighted by molar-refractivity contribution is -0.137. The number of ether oxygens (including phenoxy) is 1. The van der Waals surface area contributed by atoms with E-state index in [0.29, 0.717) is 16.6 Å². The van der Waals surface area contributed by atoms with Crippen molar-refractivity contribution in [1.82, 2.24) is 9.97 Å². The second-order valence-corrected chi connectivity index (χ2v) is 8.89. The number of hydrogen-bond acceptors (Lipinski definition) is 6. The zero-order valence-electron chi connectivity index (χ0n) is 17.9. The van der Waals surface area contributed by atoms with E-state index < -0.39 is 17.7 Å². The summed E-state index contributed by atoms with van der Waals surface area (Å²) in [5, 5.41) is 15.6. The molecule has 2 aromatic heterocycles. The number of aliphatic carboxylic acids is 1. The van der Waals surface area contributed by atoms with Gasteiger partial charge in [0.1, 0.15) is 10.8 Å². The van der Waals surface area contributed by atoms with Crippen molar-refractivity contribution in [2.75, 3.05) is 12.4 Å². The minimum absolute atomic E-state index is 0.136. The van der Waals surface area contributed by atoms with Gasteiger partial charge in [0, 0.05) is 23.5 Å². The molecule has 0 spiro atoms. The molecular weight excluding hydrogens is 429 g/mol. The van der Waals surface area contributed by atoms with E-state index in [-0.39, 0.29) is 12.2 Å². The largest absolute Gasteiger partial charge is 0.494 e. The van der Waals surface area contributed by atoms with Gasteiger partial charge in [-0.15, -0.1) is 11.3 Å². The van der Waals surface area contributed by atoms with Gasteiger partial charge in [-0.3, -0.25) is 4.79 Å². The fourth-order valence-corrected chi connectivity index (χ4v) is 5.11. The highest BCUT2D eigenvalue weighted by Crippen LogP contribution is 2.33. The molecule has 8 heteroatoms. The highest BCUT2D eigenvalue weighted by atomic mass is 32.1. The maximum Gasteiger partial charge on any atom is 0.304 e. The molecular formula is C24H26FN3O3S. The zero-order valence-corrected chi connectivity index (χ0v) is 18.7. The quantitative estimate of drug-likeness (QED) is 0.470. The van der Waals surface area contributed by atoms with Crippen LogP contribution >= 0.6 is 11.3 Å². The first-order valence-corrected chi connectivity index (χ1v) is 11.6. The van der Waals surface area contributed by atoms with Crippen LogP contribution in [0.2, 0.25) is 0 Å². The molecule has 0 aliphatic carbocycles. The molecule has 0 amide bonds. The molecule has 3 aromatic rings. The van der Waals surface area contributed by atoms with Crippen LogP contribution in [0.3, 0.4) is 0 Å². The van der Waals surface area contributed by atoms with Crippen molar-refractivity contribution in [3.05, 3.63) is 69.6 Å². The molecule has 1 aliphatic rings. The number of anilines is 1. The predicted octanol–water partition coefficient (Wildman–Crippen LogP) is 5.04. The average molecular weight is 456 g/mol. The standard InChI is InChI=1S/C24H26FN3O3S/c1-31-21-10-8-16(12-20(21)25)19(13-22(29)30)24-28-18(14-32-24)6-2-5-17-9-7-15-4-3-11-26-23(15)27-17/h3-4,8,10-12,14,17,19H,2,5-7,9,13H2,1H3,(H,26,27)(H,29,30). The van der Waals surface area contributed by atoms with Gasteiger partial charge in [0.15, 0.2) is 11.6 Å². The van der Waals surface area contributed by atoms with E-state index in [4.69, 9.17) is 9.72 Å². The number of nitrogens with zero attached hydrogens (tertiary/aromatic N) is 2. The average Bonchev–Trinajstić information content (AvgIpc) is 3.26. The highest BCUT2D eigenvalue weighted by molar-refractivity contribution is 7.09. The number of hydrogen-bond donors (Lipinski definition) is 2. The molecule has 168 valence electrons. The van der Waals surface area contributed by atoms with Gasteiger partial charge < -0.3 is 15.2 Å².